The van der Waals surface area contributed by atoms with Gasteiger partial charge in [0.15, 0.2) is 0 Å². The van der Waals surface area contributed by atoms with E-state index in [4.69, 9.17) is 4.74 Å². The smallest absolute Gasteiger partial charge is 0.132 e. The first-order valence-corrected chi connectivity index (χ1v) is 6.56. The van der Waals surface area contributed by atoms with E-state index in [2.05, 4.69) is 29.6 Å². The summed E-state index contributed by atoms with van der Waals surface area (Å²) in [5.41, 5.74) is 1.92. The van der Waals surface area contributed by atoms with Crippen LogP contribution in [0.1, 0.15) is 30.4 Å². The molecule has 1 aromatic carbocycles. The summed E-state index contributed by atoms with van der Waals surface area (Å²) in [6.45, 7) is 1.34. The van der Waals surface area contributed by atoms with Gasteiger partial charge in [-0.2, -0.15) is 5.26 Å². The van der Waals surface area contributed by atoms with Gasteiger partial charge in [0.2, 0.25) is 0 Å². The van der Waals surface area contributed by atoms with Crippen LogP contribution in [-0.2, 0) is 16.7 Å². The summed E-state index contributed by atoms with van der Waals surface area (Å²) in [5.74, 6) is 0. The predicted octanol–water partition coefficient (Wildman–Crippen LogP) is 2.37. The van der Waals surface area contributed by atoms with Crippen LogP contribution in [0, 0.1) is 11.3 Å². The quantitative estimate of drug-likeness (QED) is 0.653. The van der Waals surface area contributed by atoms with Gasteiger partial charge in [-0.1, -0.05) is 24.3 Å². The Morgan fingerprint density at radius 3 is 3.00 bits per heavy atom. The SMILES string of the molecule is COCCNC1(C#N)CCCCc2ccccc21. The molecule has 18 heavy (non-hydrogen) atoms. The van der Waals surface area contributed by atoms with Crippen molar-refractivity contribution in [1.82, 2.24) is 5.32 Å². The van der Waals surface area contributed by atoms with Crippen LogP contribution in [0.2, 0.25) is 0 Å². The number of ether oxygens (including phenoxy) is 1. The van der Waals surface area contributed by atoms with Crippen LogP contribution in [0.15, 0.2) is 24.3 Å². The van der Waals surface area contributed by atoms with Crippen molar-refractivity contribution in [1.29, 1.82) is 5.26 Å². The highest BCUT2D eigenvalue weighted by atomic mass is 16.5. The van der Waals surface area contributed by atoms with Crippen LogP contribution in [0.5, 0.6) is 0 Å². The lowest BCUT2D eigenvalue weighted by Crippen LogP contribution is -2.43. The van der Waals surface area contributed by atoms with Crippen molar-refractivity contribution in [2.75, 3.05) is 20.3 Å². The van der Waals surface area contributed by atoms with Gasteiger partial charge in [-0.3, -0.25) is 5.32 Å². The predicted molar refractivity (Wildman–Crippen MR) is 71.2 cm³/mol. The molecule has 0 aromatic heterocycles. The molecule has 96 valence electrons. The Balaban J connectivity index is 2.31. The van der Waals surface area contributed by atoms with Gasteiger partial charge >= 0.3 is 0 Å². The molecule has 0 amide bonds. The average molecular weight is 244 g/mol. The van der Waals surface area contributed by atoms with E-state index in [9.17, 15) is 5.26 Å². The van der Waals surface area contributed by atoms with Gasteiger partial charge in [-0.25, -0.2) is 0 Å². The highest BCUT2D eigenvalue weighted by Crippen LogP contribution is 2.33. The first kappa shape index (κ1) is 13.1. The number of methoxy groups -OCH3 is 1. The van der Waals surface area contributed by atoms with Crippen molar-refractivity contribution in [3.05, 3.63) is 35.4 Å². The van der Waals surface area contributed by atoms with Crippen LogP contribution < -0.4 is 5.32 Å². The molecule has 0 fully saturated rings. The fourth-order valence-electron chi connectivity index (χ4n) is 2.70. The number of hydrogen-bond donors (Lipinski definition) is 1. The molecule has 3 heteroatoms. The van der Waals surface area contributed by atoms with Gasteiger partial charge in [0.05, 0.1) is 12.7 Å². The zero-order chi connectivity index (χ0) is 12.8. The number of hydrogen-bond acceptors (Lipinski definition) is 3. The third-order valence-corrected chi connectivity index (χ3v) is 3.65. The fraction of sp³-hybridized carbons (Fsp3) is 0.533. The number of aryl methyl sites for hydroxylation is 1. The third-order valence-electron chi connectivity index (χ3n) is 3.65. The number of fused-ring (bicyclic) bond motifs is 1. The van der Waals surface area contributed by atoms with Gasteiger partial charge in [0, 0.05) is 13.7 Å². The zero-order valence-corrected chi connectivity index (χ0v) is 10.9. The maximum Gasteiger partial charge on any atom is 0.132 e. The molecule has 0 radical (unpaired) electrons. The average Bonchev–Trinajstić information content (AvgIpc) is 2.60. The molecular weight excluding hydrogens is 224 g/mol. The summed E-state index contributed by atoms with van der Waals surface area (Å²) in [5, 5.41) is 13.1. The third kappa shape index (κ3) is 2.55. The lowest BCUT2D eigenvalue weighted by Gasteiger charge is -2.28. The molecule has 1 aliphatic rings. The van der Waals surface area contributed by atoms with E-state index in [0.717, 1.165) is 31.2 Å². The normalized spacial score (nSPS) is 22.9. The molecule has 0 heterocycles. The van der Waals surface area contributed by atoms with E-state index in [1.807, 2.05) is 6.07 Å². The summed E-state index contributed by atoms with van der Waals surface area (Å²) >= 11 is 0. The summed E-state index contributed by atoms with van der Waals surface area (Å²) < 4.78 is 5.07. The summed E-state index contributed by atoms with van der Waals surface area (Å²) in [6, 6.07) is 10.8. The van der Waals surface area contributed by atoms with E-state index < -0.39 is 5.54 Å². The fourth-order valence-corrected chi connectivity index (χ4v) is 2.70. The molecule has 1 aliphatic carbocycles. The number of benzene rings is 1. The Morgan fingerprint density at radius 1 is 1.39 bits per heavy atom. The highest BCUT2D eigenvalue weighted by Gasteiger charge is 2.34. The van der Waals surface area contributed by atoms with E-state index in [1.54, 1.807) is 7.11 Å². The minimum Gasteiger partial charge on any atom is -0.383 e. The standard InChI is InChI=1S/C15H20N2O/c1-18-11-10-17-15(12-16)9-5-4-7-13-6-2-3-8-14(13)15/h2-3,6,8,17H,4-5,7,9-11H2,1H3. The van der Waals surface area contributed by atoms with Gasteiger partial charge < -0.3 is 4.74 Å². The van der Waals surface area contributed by atoms with Gasteiger partial charge in [-0.05, 0) is 36.8 Å². The summed E-state index contributed by atoms with van der Waals surface area (Å²) in [6.07, 6.45) is 4.20. The molecule has 0 spiro atoms. The topological polar surface area (TPSA) is 45.0 Å². The zero-order valence-electron chi connectivity index (χ0n) is 10.9. The monoisotopic (exact) mass is 244 g/mol. The molecule has 0 aliphatic heterocycles. The maximum atomic E-state index is 9.66. The second-order valence-electron chi connectivity index (χ2n) is 4.80. The van der Waals surface area contributed by atoms with Crippen LogP contribution in [0.25, 0.3) is 0 Å². The van der Waals surface area contributed by atoms with E-state index in [-0.39, 0.29) is 0 Å². The van der Waals surface area contributed by atoms with Crippen molar-refractivity contribution in [2.24, 2.45) is 0 Å². The first-order chi connectivity index (χ1) is 8.82. The second kappa shape index (κ2) is 5.99. The number of nitrogens with zero attached hydrogens (tertiary/aromatic N) is 1. The Labute approximate surface area is 109 Å². The molecule has 1 N–H and O–H groups in total. The lowest BCUT2D eigenvalue weighted by molar-refractivity contribution is 0.189. The van der Waals surface area contributed by atoms with Crippen LogP contribution in [0.4, 0.5) is 0 Å². The Bertz CT molecular complexity index is 438. The largest absolute Gasteiger partial charge is 0.383 e. The Morgan fingerprint density at radius 2 is 2.22 bits per heavy atom. The second-order valence-corrected chi connectivity index (χ2v) is 4.80. The van der Waals surface area contributed by atoms with Crippen molar-refractivity contribution in [2.45, 2.75) is 31.2 Å². The molecule has 1 aromatic rings. The first-order valence-electron chi connectivity index (χ1n) is 6.56. The molecule has 1 atom stereocenters. The molecule has 0 saturated carbocycles. The van der Waals surface area contributed by atoms with E-state index in [0.29, 0.717) is 13.2 Å². The Hall–Kier alpha value is -1.37. The van der Waals surface area contributed by atoms with E-state index >= 15 is 0 Å². The van der Waals surface area contributed by atoms with E-state index in [1.165, 1.54) is 5.56 Å². The van der Waals surface area contributed by atoms with Crippen molar-refractivity contribution in [3.8, 4) is 6.07 Å². The maximum absolute atomic E-state index is 9.66. The summed E-state index contributed by atoms with van der Waals surface area (Å²) in [4.78, 5) is 0. The Kier molecular flexibility index (Phi) is 4.35. The molecular formula is C15H20N2O. The molecule has 0 saturated heterocycles. The molecule has 0 bridgehead atoms. The summed E-state index contributed by atoms with van der Waals surface area (Å²) in [7, 11) is 1.68. The lowest BCUT2D eigenvalue weighted by atomic mass is 9.85. The number of rotatable bonds is 4. The molecule has 1 unspecified atom stereocenters. The minimum atomic E-state index is -0.536. The minimum absolute atomic E-state index is 0.536. The van der Waals surface area contributed by atoms with Gasteiger partial charge in [-0.15, -0.1) is 0 Å². The van der Waals surface area contributed by atoms with Crippen LogP contribution >= 0.6 is 0 Å². The van der Waals surface area contributed by atoms with Crippen LogP contribution in [-0.4, -0.2) is 20.3 Å². The van der Waals surface area contributed by atoms with Crippen molar-refractivity contribution >= 4 is 0 Å². The van der Waals surface area contributed by atoms with Crippen molar-refractivity contribution in [3.63, 3.8) is 0 Å². The highest BCUT2D eigenvalue weighted by molar-refractivity contribution is 5.39. The van der Waals surface area contributed by atoms with Crippen molar-refractivity contribution < 1.29 is 4.74 Å². The number of nitriles is 1. The number of nitrogens with one attached hydrogen (secondary N) is 1. The van der Waals surface area contributed by atoms with Crippen LogP contribution in [0.3, 0.4) is 0 Å². The van der Waals surface area contributed by atoms with Gasteiger partial charge in [0.1, 0.15) is 5.54 Å². The van der Waals surface area contributed by atoms with Gasteiger partial charge in [0.25, 0.3) is 0 Å². The molecule has 2 rings (SSSR count). The molecule has 3 nitrogen and oxygen atoms in total.